The number of hydrogen-bond donors (Lipinski definition) is 3. The SMILES string of the molecule is COC(=O)[C@@](N)(C(=O)O)[C@@H](C)O. The van der Waals surface area contributed by atoms with Crippen molar-refractivity contribution in [1.29, 1.82) is 0 Å². The number of rotatable bonds is 3. The smallest absolute Gasteiger partial charge is 0.340 e. The van der Waals surface area contributed by atoms with E-state index in [0.717, 1.165) is 14.0 Å². The predicted molar refractivity (Wildman–Crippen MR) is 38.3 cm³/mol. The van der Waals surface area contributed by atoms with Crippen molar-refractivity contribution in [3.05, 3.63) is 0 Å². The van der Waals surface area contributed by atoms with Gasteiger partial charge >= 0.3 is 11.9 Å². The zero-order valence-electron chi connectivity index (χ0n) is 6.77. The maximum atomic E-state index is 10.8. The molecule has 6 heteroatoms. The molecule has 0 saturated carbocycles. The van der Waals surface area contributed by atoms with Crippen LogP contribution in [0.25, 0.3) is 0 Å². The number of carboxylic acids is 1. The van der Waals surface area contributed by atoms with Crippen LogP contribution < -0.4 is 5.73 Å². The van der Waals surface area contributed by atoms with Crippen molar-refractivity contribution < 1.29 is 24.5 Å². The maximum Gasteiger partial charge on any atom is 0.340 e. The zero-order chi connectivity index (χ0) is 9.94. The fourth-order valence-corrected chi connectivity index (χ4v) is 0.605. The summed E-state index contributed by atoms with van der Waals surface area (Å²) in [6.07, 6.45) is -1.51. The summed E-state index contributed by atoms with van der Waals surface area (Å²) in [5, 5.41) is 17.5. The molecular weight excluding hydrogens is 166 g/mol. The first-order valence-corrected chi connectivity index (χ1v) is 3.16. The molecule has 0 bridgehead atoms. The van der Waals surface area contributed by atoms with Crippen molar-refractivity contribution in [3.63, 3.8) is 0 Å². The minimum absolute atomic E-state index is 0.995. The Kier molecular flexibility index (Phi) is 3.17. The van der Waals surface area contributed by atoms with Crippen molar-refractivity contribution in [2.45, 2.75) is 18.6 Å². The van der Waals surface area contributed by atoms with Crippen molar-refractivity contribution in [2.75, 3.05) is 7.11 Å². The first-order chi connectivity index (χ1) is 5.37. The van der Waals surface area contributed by atoms with E-state index in [1.54, 1.807) is 0 Å². The third-order valence-corrected chi connectivity index (χ3v) is 1.54. The van der Waals surface area contributed by atoms with Gasteiger partial charge in [0.25, 0.3) is 0 Å². The molecule has 0 fully saturated rings. The molecule has 4 N–H and O–H groups in total. The molecule has 2 atom stereocenters. The van der Waals surface area contributed by atoms with E-state index in [-0.39, 0.29) is 0 Å². The van der Waals surface area contributed by atoms with Gasteiger partial charge in [-0.3, -0.25) is 0 Å². The number of nitrogens with two attached hydrogens (primary N) is 1. The lowest BCUT2D eigenvalue weighted by Crippen LogP contribution is -2.62. The van der Waals surface area contributed by atoms with Crippen LogP contribution in [0.1, 0.15) is 6.92 Å². The van der Waals surface area contributed by atoms with E-state index < -0.39 is 23.6 Å². The summed E-state index contributed by atoms with van der Waals surface area (Å²) >= 11 is 0. The fraction of sp³-hybridized carbons (Fsp3) is 0.667. The highest BCUT2D eigenvalue weighted by Gasteiger charge is 2.48. The lowest BCUT2D eigenvalue weighted by atomic mass is 9.95. The van der Waals surface area contributed by atoms with E-state index in [0.29, 0.717) is 0 Å². The molecule has 0 aliphatic heterocycles. The molecule has 0 aromatic rings. The van der Waals surface area contributed by atoms with Crippen molar-refractivity contribution in [2.24, 2.45) is 5.73 Å². The van der Waals surface area contributed by atoms with Gasteiger partial charge in [0.05, 0.1) is 13.2 Å². The number of ether oxygens (including phenoxy) is 1. The summed E-state index contributed by atoms with van der Waals surface area (Å²) in [6.45, 7) is 1.10. The molecule has 0 aromatic carbocycles. The number of methoxy groups -OCH3 is 1. The van der Waals surface area contributed by atoms with E-state index in [9.17, 15) is 9.59 Å². The van der Waals surface area contributed by atoms with Crippen LogP contribution in [0.3, 0.4) is 0 Å². The van der Waals surface area contributed by atoms with E-state index >= 15 is 0 Å². The molecule has 0 amide bonds. The molecule has 0 heterocycles. The van der Waals surface area contributed by atoms with Crippen LogP contribution in [-0.2, 0) is 14.3 Å². The standard InChI is InChI=1S/C6H11NO5/c1-3(8)6(7,4(9)10)5(11)12-2/h3,8H,7H2,1-2H3,(H,9,10)/t3-,6+/m1/s1. The Labute approximate surface area is 68.9 Å². The summed E-state index contributed by atoms with van der Waals surface area (Å²) in [5.74, 6) is -2.80. The quantitative estimate of drug-likeness (QED) is 0.351. The number of esters is 1. The molecule has 0 aliphatic rings. The van der Waals surface area contributed by atoms with Gasteiger partial charge in [-0.2, -0.15) is 0 Å². The molecule has 0 radical (unpaired) electrons. The van der Waals surface area contributed by atoms with E-state index in [4.69, 9.17) is 15.9 Å². The number of aliphatic hydroxyl groups is 1. The lowest BCUT2D eigenvalue weighted by molar-refractivity contribution is -0.164. The zero-order valence-corrected chi connectivity index (χ0v) is 6.77. The first-order valence-electron chi connectivity index (χ1n) is 3.16. The Bertz CT molecular complexity index is 202. The van der Waals surface area contributed by atoms with Crippen LogP contribution in [0, 0.1) is 0 Å². The minimum Gasteiger partial charge on any atom is -0.479 e. The Hall–Kier alpha value is -1.14. The number of aliphatic hydroxyl groups excluding tert-OH is 1. The number of carboxylic acid groups (broad SMARTS) is 1. The van der Waals surface area contributed by atoms with Crippen LogP contribution in [0.4, 0.5) is 0 Å². The highest BCUT2D eigenvalue weighted by molar-refractivity contribution is 6.04. The highest BCUT2D eigenvalue weighted by atomic mass is 16.5. The van der Waals surface area contributed by atoms with Crippen LogP contribution >= 0.6 is 0 Å². The summed E-state index contributed by atoms with van der Waals surface area (Å²) < 4.78 is 4.13. The Morgan fingerprint density at radius 1 is 1.58 bits per heavy atom. The highest BCUT2D eigenvalue weighted by Crippen LogP contribution is 2.09. The lowest BCUT2D eigenvalue weighted by Gasteiger charge is -2.23. The number of carbonyl (C=O) groups is 2. The maximum absolute atomic E-state index is 10.8. The first kappa shape index (κ1) is 10.9. The van der Waals surface area contributed by atoms with Gasteiger partial charge < -0.3 is 20.7 Å². The van der Waals surface area contributed by atoms with Crippen LogP contribution in [0.5, 0.6) is 0 Å². The molecule has 0 spiro atoms. The van der Waals surface area contributed by atoms with E-state index in [2.05, 4.69) is 4.74 Å². The van der Waals surface area contributed by atoms with Crippen LogP contribution in [-0.4, -0.2) is 40.9 Å². The van der Waals surface area contributed by atoms with Crippen molar-refractivity contribution in [3.8, 4) is 0 Å². The third kappa shape index (κ3) is 1.54. The minimum atomic E-state index is -2.38. The molecule has 0 rings (SSSR count). The number of hydrogen-bond acceptors (Lipinski definition) is 5. The largest absolute Gasteiger partial charge is 0.479 e. The second-order valence-corrected chi connectivity index (χ2v) is 2.34. The number of carbonyl (C=O) groups excluding carboxylic acids is 1. The fourth-order valence-electron chi connectivity index (χ4n) is 0.605. The average Bonchev–Trinajstić information content (AvgIpc) is 2.00. The second-order valence-electron chi connectivity index (χ2n) is 2.34. The molecule has 0 aliphatic carbocycles. The Balaban J connectivity index is 4.87. The molecular formula is C6H11NO5. The normalized spacial score (nSPS) is 17.7. The monoisotopic (exact) mass is 177 g/mol. The van der Waals surface area contributed by atoms with Crippen molar-refractivity contribution in [1.82, 2.24) is 0 Å². The summed E-state index contributed by atoms with van der Waals surface area (Å²) in [6, 6.07) is 0. The predicted octanol–water partition coefficient (Wildman–Crippen LogP) is -1.68. The molecule has 0 saturated heterocycles. The van der Waals surface area contributed by atoms with Gasteiger partial charge in [0.1, 0.15) is 0 Å². The molecule has 6 nitrogen and oxygen atoms in total. The number of aliphatic carboxylic acids is 1. The van der Waals surface area contributed by atoms with Gasteiger partial charge in [-0.1, -0.05) is 0 Å². The van der Waals surface area contributed by atoms with Gasteiger partial charge in [-0.25, -0.2) is 9.59 Å². The van der Waals surface area contributed by atoms with Crippen molar-refractivity contribution >= 4 is 11.9 Å². The Morgan fingerprint density at radius 2 is 2.00 bits per heavy atom. The third-order valence-electron chi connectivity index (χ3n) is 1.54. The molecule has 0 aromatic heterocycles. The molecule has 12 heavy (non-hydrogen) atoms. The van der Waals surface area contributed by atoms with E-state index in [1.165, 1.54) is 0 Å². The average molecular weight is 177 g/mol. The summed E-state index contributed by atoms with van der Waals surface area (Å²) in [5.41, 5.74) is 2.73. The second kappa shape index (κ2) is 3.51. The Morgan fingerprint density at radius 3 is 2.08 bits per heavy atom. The topological polar surface area (TPSA) is 110 Å². The van der Waals surface area contributed by atoms with Gasteiger partial charge in [0.15, 0.2) is 0 Å². The van der Waals surface area contributed by atoms with E-state index in [1.807, 2.05) is 0 Å². The molecule has 70 valence electrons. The summed E-state index contributed by atoms with van der Waals surface area (Å²) in [7, 11) is 0.995. The van der Waals surface area contributed by atoms with Crippen LogP contribution in [0.2, 0.25) is 0 Å². The summed E-state index contributed by atoms with van der Waals surface area (Å²) in [4.78, 5) is 21.3. The van der Waals surface area contributed by atoms with Gasteiger partial charge in [-0.05, 0) is 6.92 Å². The molecule has 0 unspecified atom stereocenters. The van der Waals surface area contributed by atoms with Gasteiger partial charge in [0, 0.05) is 0 Å². The van der Waals surface area contributed by atoms with Crippen LogP contribution in [0.15, 0.2) is 0 Å². The van der Waals surface area contributed by atoms with Gasteiger partial charge in [0.2, 0.25) is 5.54 Å². The van der Waals surface area contributed by atoms with Gasteiger partial charge in [-0.15, -0.1) is 0 Å².